The summed E-state index contributed by atoms with van der Waals surface area (Å²) in [6.07, 6.45) is 5.09. The van der Waals surface area contributed by atoms with Gasteiger partial charge in [0.1, 0.15) is 17.0 Å². The van der Waals surface area contributed by atoms with Crippen molar-refractivity contribution in [2.45, 2.75) is 38.3 Å². The van der Waals surface area contributed by atoms with Crippen molar-refractivity contribution in [2.24, 2.45) is 0 Å². The van der Waals surface area contributed by atoms with E-state index in [9.17, 15) is 5.11 Å². The van der Waals surface area contributed by atoms with E-state index < -0.39 is 0 Å². The molecule has 0 radical (unpaired) electrons. The molecule has 1 aliphatic carbocycles. The lowest BCUT2D eigenvalue weighted by Gasteiger charge is -2.38. The van der Waals surface area contributed by atoms with Crippen molar-refractivity contribution in [1.29, 1.82) is 0 Å². The first kappa shape index (κ1) is 13.4. The van der Waals surface area contributed by atoms with Crippen LogP contribution in [0.4, 0.5) is 5.82 Å². The number of aromatic nitrogens is 2. The fraction of sp³-hybridized carbons (Fsp3) is 0.600. The minimum atomic E-state index is -0.127. The monoisotopic (exact) mass is 305 g/mol. The summed E-state index contributed by atoms with van der Waals surface area (Å²) in [5.41, 5.74) is 1.45. The van der Waals surface area contributed by atoms with Gasteiger partial charge in [-0.3, -0.25) is 0 Å². The number of hydrogen-bond donors (Lipinski definition) is 1. The third-order valence-electron chi connectivity index (χ3n) is 4.46. The number of fused-ring (bicyclic) bond motifs is 3. The largest absolute Gasteiger partial charge is 0.394 e. The molecule has 3 heterocycles. The van der Waals surface area contributed by atoms with Crippen molar-refractivity contribution in [1.82, 2.24) is 9.97 Å². The van der Waals surface area contributed by atoms with Crippen LogP contribution < -0.4 is 4.90 Å². The lowest BCUT2D eigenvalue weighted by atomic mass is 10.1. The van der Waals surface area contributed by atoms with E-state index in [-0.39, 0.29) is 18.8 Å². The molecule has 1 saturated heterocycles. The molecule has 6 heteroatoms. The fourth-order valence-electron chi connectivity index (χ4n) is 3.35. The number of hydrogen-bond acceptors (Lipinski definition) is 6. The Kier molecular flexibility index (Phi) is 3.32. The zero-order chi connectivity index (χ0) is 14.4. The van der Waals surface area contributed by atoms with Crippen molar-refractivity contribution >= 4 is 27.4 Å². The number of thiophene rings is 1. The van der Waals surface area contributed by atoms with Crippen molar-refractivity contribution in [2.75, 3.05) is 24.7 Å². The number of morpholine rings is 1. The summed E-state index contributed by atoms with van der Waals surface area (Å²) in [5.74, 6) is 1.02. The Balaban J connectivity index is 1.82. The second kappa shape index (κ2) is 5.19. The van der Waals surface area contributed by atoms with Gasteiger partial charge in [-0.1, -0.05) is 0 Å². The van der Waals surface area contributed by atoms with Crippen molar-refractivity contribution in [3.8, 4) is 0 Å². The molecular weight excluding hydrogens is 286 g/mol. The van der Waals surface area contributed by atoms with Crippen LogP contribution >= 0.6 is 11.3 Å². The van der Waals surface area contributed by atoms with Gasteiger partial charge in [-0.25, -0.2) is 9.97 Å². The van der Waals surface area contributed by atoms with Gasteiger partial charge in [0.25, 0.3) is 0 Å². The van der Waals surface area contributed by atoms with Crippen molar-refractivity contribution in [3.05, 3.63) is 16.8 Å². The molecule has 2 unspecified atom stereocenters. The summed E-state index contributed by atoms with van der Waals surface area (Å²) in [4.78, 5) is 13.9. The van der Waals surface area contributed by atoms with Gasteiger partial charge in [0.05, 0.1) is 30.7 Å². The van der Waals surface area contributed by atoms with Crippen LogP contribution in [0.15, 0.2) is 6.33 Å². The molecule has 2 aromatic rings. The standard InChI is InChI=1S/C15H19N3O2S/c1-9-7-20-10(6-19)5-18(9)14-13-11-3-2-4-12(11)21-15(13)17-8-16-14/h8-10,19H,2-7H2,1H3. The summed E-state index contributed by atoms with van der Waals surface area (Å²) in [6, 6.07) is 0.267. The molecule has 0 bridgehead atoms. The molecule has 2 aliphatic rings. The average molecular weight is 305 g/mol. The van der Waals surface area contributed by atoms with E-state index in [0.717, 1.165) is 17.1 Å². The molecule has 1 aliphatic heterocycles. The maximum absolute atomic E-state index is 9.39. The highest BCUT2D eigenvalue weighted by Gasteiger charge is 2.30. The minimum absolute atomic E-state index is 0.0548. The van der Waals surface area contributed by atoms with Crippen LogP contribution in [-0.4, -0.2) is 47.0 Å². The third kappa shape index (κ3) is 2.13. The highest BCUT2D eigenvalue weighted by Crippen LogP contribution is 2.40. The number of anilines is 1. The molecule has 1 N–H and O–H groups in total. The van der Waals surface area contributed by atoms with E-state index in [0.29, 0.717) is 13.2 Å². The molecule has 1 fully saturated rings. The minimum Gasteiger partial charge on any atom is -0.394 e. The predicted octanol–water partition coefficient (Wildman–Crippen LogP) is 1.77. The molecule has 0 amide bonds. The van der Waals surface area contributed by atoms with E-state index in [1.807, 2.05) is 11.3 Å². The van der Waals surface area contributed by atoms with Crippen LogP contribution in [0.25, 0.3) is 10.2 Å². The van der Waals surface area contributed by atoms with E-state index in [1.54, 1.807) is 6.33 Å². The molecule has 0 saturated carbocycles. The number of ether oxygens (including phenoxy) is 1. The zero-order valence-electron chi connectivity index (χ0n) is 12.1. The quantitative estimate of drug-likeness (QED) is 0.916. The van der Waals surface area contributed by atoms with E-state index >= 15 is 0 Å². The molecule has 0 aromatic carbocycles. The van der Waals surface area contributed by atoms with Gasteiger partial charge >= 0.3 is 0 Å². The van der Waals surface area contributed by atoms with Crippen LogP contribution in [0.1, 0.15) is 23.8 Å². The van der Waals surface area contributed by atoms with Crippen LogP contribution in [0.3, 0.4) is 0 Å². The number of aliphatic hydroxyl groups excluding tert-OH is 1. The first-order valence-electron chi connectivity index (χ1n) is 7.52. The SMILES string of the molecule is CC1COC(CO)CN1c1ncnc2sc3c(c12)CCC3. The highest BCUT2D eigenvalue weighted by molar-refractivity contribution is 7.19. The third-order valence-corrected chi connectivity index (χ3v) is 5.66. The topological polar surface area (TPSA) is 58.5 Å². The maximum atomic E-state index is 9.39. The van der Waals surface area contributed by atoms with E-state index in [4.69, 9.17) is 4.74 Å². The average Bonchev–Trinajstić information content (AvgIpc) is 3.08. The number of aliphatic hydroxyl groups is 1. The molecular formula is C15H19N3O2S. The first-order valence-corrected chi connectivity index (χ1v) is 8.34. The first-order chi connectivity index (χ1) is 10.3. The van der Waals surface area contributed by atoms with Crippen LogP contribution in [0.5, 0.6) is 0 Å². The molecule has 0 spiro atoms. The Hall–Kier alpha value is -1.24. The summed E-state index contributed by atoms with van der Waals surface area (Å²) >= 11 is 1.81. The Morgan fingerprint density at radius 2 is 2.33 bits per heavy atom. The Labute approximate surface area is 127 Å². The number of nitrogens with zero attached hydrogens (tertiary/aromatic N) is 3. The normalized spacial score (nSPS) is 25.5. The molecule has 5 nitrogen and oxygen atoms in total. The lowest BCUT2D eigenvalue weighted by Crippen LogP contribution is -2.50. The molecule has 21 heavy (non-hydrogen) atoms. The predicted molar refractivity (Wildman–Crippen MR) is 83.1 cm³/mol. The Bertz CT molecular complexity index is 672. The highest BCUT2D eigenvalue weighted by atomic mass is 32.1. The van der Waals surface area contributed by atoms with E-state index in [2.05, 4.69) is 21.8 Å². The Morgan fingerprint density at radius 1 is 1.43 bits per heavy atom. The molecule has 4 rings (SSSR count). The maximum Gasteiger partial charge on any atom is 0.141 e. The van der Waals surface area contributed by atoms with Gasteiger partial charge in [-0.2, -0.15) is 0 Å². The van der Waals surface area contributed by atoms with Crippen molar-refractivity contribution in [3.63, 3.8) is 0 Å². The van der Waals surface area contributed by atoms with Gasteiger partial charge < -0.3 is 14.7 Å². The summed E-state index contributed by atoms with van der Waals surface area (Å²) < 4.78 is 5.64. The zero-order valence-corrected chi connectivity index (χ0v) is 12.9. The smallest absolute Gasteiger partial charge is 0.141 e. The fourth-order valence-corrected chi connectivity index (χ4v) is 4.58. The molecule has 2 aromatic heterocycles. The van der Waals surface area contributed by atoms with Gasteiger partial charge in [-0.15, -0.1) is 11.3 Å². The number of aryl methyl sites for hydroxylation is 2. The lowest BCUT2D eigenvalue weighted by molar-refractivity contribution is -0.0104. The number of rotatable bonds is 2. The molecule has 2 atom stereocenters. The summed E-state index contributed by atoms with van der Waals surface area (Å²) in [7, 11) is 0. The van der Waals surface area contributed by atoms with Crippen LogP contribution in [0, 0.1) is 0 Å². The van der Waals surface area contributed by atoms with Gasteiger partial charge in [0.2, 0.25) is 0 Å². The van der Waals surface area contributed by atoms with Crippen LogP contribution in [0.2, 0.25) is 0 Å². The van der Waals surface area contributed by atoms with Gasteiger partial charge in [0.15, 0.2) is 0 Å². The second-order valence-electron chi connectivity index (χ2n) is 5.87. The van der Waals surface area contributed by atoms with Crippen LogP contribution in [-0.2, 0) is 17.6 Å². The Morgan fingerprint density at radius 3 is 3.19 bits per heavy atom. The summed E-state index contributed by atoms with van der Waals surface area (Å²) in [5, 5.41) is 10.6. The van der Waals surface area contributed by atoms with Gasteiger partial charge in [0, 0.05) is 11.4 Å². The van der Waals surface area contributed by atoms with Crippen molar-refractivity contribution < 1.29 is 9.84 Å². The summed E-state index contributed by atoms with van der Waals surface area (Å²) in [6.45, 7) is 3.52. The van der Waals surface area contributed by atoms with Gasteiger partial charge in [-0.05, 0) is 31.7 Å². The second-order valence-corrected chi connectivity index (χ2v) is 6.96. The van der Waals surface area contributed by atoms with E-state index in [1.165, 1.54) is 28.7 Å². The molecule has 112 valence electrons.